The second-order valence-corrected chi connectivity index (χ2v) is 5.47. The molecular weight excluding hydrogens is 297 g/mol. The van der Waals surface area contributed by atoms with Gasteiger partial charge in [0.25, 0.3) is 0 Å². The zero-order valence-electron chi connectivity index (χ0n) is 13.3. The molecule has 5 heteroatoms. The summed E-state index contributed by atoms with van der Waals surface area (Å²) in [7, 11) is 1.59. The van der Waals surface area contributed by atoms with Gasteiger partial charge in [-0.05, 0) is 42.8 Å². The van der Waals surface area contributed by atoms with Gasteiger partial charge in [0, 0.05) is 18.2 Å². The molecule has 0 aliphatic carbocycles. The van der Waals surface area contributed by atoms with Crippen LogP contribution in [0, 0.1) is 5.82 Å². The molecule has 0 spiro atoms. The second-order valence-electron chi connectivity index (χ2n) is 5.47. The summed E-state index contributed by atoms with van der Waals surface area (Å²) in [5.41, 5.74) is 1.88. The predicted molar refractivity (Wildman–Crippen MR) is 85.6 cm³/mol. The molecule has 4 nitrogen and oxygen atoms in total. The van der Waals surface area contributed by atoms with E-state index < -0.39 is 0 Å². The third-order valence-electron chi connectivity index (χ3n) is 3.88. The van der Waals surface area contributed by atoms with Crippen molar-refractivity contribution in [2.24, 2.45) is 0 Å². The van der Waals surface area contributed by atoms with Crippen molar-refractivity contribution < 1.29 is 18.6 Å². The molecule has 1 unspecified atom stereocenters. The van der Waals surface area contributed by atoms with Crippen LogP contribution >= 0.6 is 0 Å². The zero-order valence-corrected chi connectivity index (χ0v) is 13.3. The van der Waals surface area contributed by atoms with Crippen molar-refractivity contribution in [3.63, 3.8) is 0 Å². The average Bonchev–Trinajstić information content (AvgIpc) is 2.59. The van der Waals surface area contributed by atoms with Gasteiger partial charge in [0.1, 0.15) is 24.8 Å². The van der Waals surface area contributed by atoms with E-state index in [4.69, 9.17) is 14.2 Å². The third kappa shape index (κ3) is 3.56. The molecule has 1 aliphatic heterocycles. The first-order valence-corrected chi connectivity index (χ1v) is 7.62. The zero-order chi connectivity index (χ0) is 16.2. The van der Waals surface area contributed by atoms with Crippen molar-refractivity contribution in [3.05, 3.63) is 53.3 Å². The summed E-state index contributed by atoms with van der Waals surface area (Å²) in [4.78, 5) is 0. The van der Waals surface area contributed by atoms with E-state index in [1.165, 1.54) is 12.1 Å². The third-order valence-corrected chi connectivity index (χ3v) is 3.88. The van der Waals surface area contributed by atoms with Crippen molar-refractivity contribution in [2.75, 3.05) is 20.3 Å². The molecule has 0 saturated heterocycles. The van der Waals surface area contributed by atoms with Crippen molar-refractivity contribution in [1.82, 2.24) is 5.32 Å². The van der Waals surface area contributed by atoms with Crippen LogP contribution < -0.4 is 19.5 Å². The first-order valence-electron chi connectivity index (χ1n) is 7.62. The van der Waals surface area contributed by atoms with Crippen LogP contribution in [0.25, 0.3) is 0 Å². The summed E-state index contributed by atoms with van der Waals surface area (Å²) >= 11 is 0. The Balaban J connectivity index is 1.69. The van der Waals surface area contributed by atoms with Gasteiger partial charge in [-0.1, -0.05) is 6.07 Å². The van der Waals surface area contributed by atoms with E-state index in [9.17, 15) is 4.39 Å². The van der Waals surface area contributed by atoms with E-state index in [1.807, 2.05) is 25.1 Å². The number of fused-ring (bicyclic) bond motifs is 1. The summed E-state index contributed by atoms with van der Waals surface area (Å²) in [6, 6.07) is 10.4. The molecule has 0 saturated carbocycles. The molecule has 1 heterocycles. The number of ether oxygens (including phenoxy) is 3. The second kappa shape index (κ2) is 6.87. The minimum atomic E-state index is -0.270. The molecule has 1 atom stereocenters. The summed E-state index contributed by atoms with van der Waals surface area (Å²) in [5, 5.41) is 3.38. The van der Waals surface area contributed by atoms with Crippen LogP contribution in [-0.2, 0) is 6.54 Å². The Kier molecular flexibility index (Phi) is 4.67. The smallest absolute Gasteiger partial charge is 0.161 e. The maximum absolute atomic E-state index is 13.5. The number of rotatable bonds is 5. The molecular formula is C18H20FNO3. The minimum Gasteiger partial charge on any atom is -0.496 e. The van der Waals surface area contributed by atoms with Gasteiger partial charge in [0.15, 0.2) is 11.5 Å². The molecule has 3 rings (SSSR count). The lowest BCUT2D eigenvalue weighted by molar-refractivity contribution is 0.171. The van der Waals surface area contributed by atoms with Crippen LogP contribution in [0.5, 0.6) is 17.2 Å². The number of benzene rings is 2. The van der Waals surface area contributed by atoms with E-state index >= 15 is 0 Å². The Morgan fingerprint density at radius 3 is 2.70 bits per heavy atom. The van der Waals surface area contributed by atoms with Crippen LogP contribution in [0.2, 0.25) is 0 Å². The molecule has 23 heavy (non-hydrogen) atoms. The molecule has 0 aromatic heterocycles. The molecule has 0 amide bonds. The maximum atomic E-state index is 13.5. The van der Waals surface area contributed by atoms with E-state index in [1.54, 1.807) is 13.2 Å². The van der Waals surface area contributed by atoms with Gasteiger partial charge in [-0.25, -0.2) is 4.39 Å². The maximum Gasteiger partial charge on any atom is 0.161 e. The fourth-order valence-electron chi connectivity index (χ4n) is 2.62. The van der Waals surface area contributed by atoms with Gasteiger partial charge in [-0.3, -0.25) is 0 Å². The fourth-order valence-corrected chi connectivity index (χ4v) is 2.62. The molecule has 122 valence electrons. The number of hydrogen-bond acceptors (Lipinski definition) is 4. The summed E-state index contributed by atoms with van der Waals surface area (Å²) in [6.45, 7) is 3.77. The van der Waals surface area contributed by atoms with Crippen LogP contribution in [0.15, 0.2) is 36.4 Å². The molecule has 2 aromatic rings. The van der Waals surface area contributed by atoms with Crippen molar-refractivity contribution in [1.29, 1.82) is 0 Å². The van der Waals surface area contributed by atoms with E-state index in [2.05, 4.69) is 5.32 Å². The highest BCUT2D eigenvalue weighted by molar-refractivity contribution is 5.44. The van der Waals surface area contributed by atoms with Gasteiger partial charge in [0.05, 0.1) is 7.11 Å². The Labute approximate surface area is 135 Å². The van der Waals surface area contributed by atoms with Crippen LogP contribution in [0.1, 0.15) is 24.1 Å². The topological polar surface area (TPSA) is 39.7 Å². The molecule has 1 aliphatic rings. The SMILES string of the molecule is COc1ccc(F)cc1C(C)NCc1ccc2c(c1)OCCO2. The van der Waals surface area contributed by atoms with Gasteiger partial charge < -0.3 is 19.5 Å². The average molecular weight is 317 g/mol. The standard InChI is InChI=1S/C18H20FNO3/c1-12(15-10-14(19)4-6-16(15)21-2)20-11-13-3-5-17-18(9-13)23-8-7-22-17/h3-6,9-10,12,20H,7-8,11H2,1-2H3. The number of nitrogens with one attached hydrogen (secondary N) is 1. The van der Waals surface area contributed by atoms with Gasteiger partial charge in [-0.15, -0.1) is 0 Å². The largest absolute Gasteiger partial charge is 0.496 e. The van der Waals surface area contributed by atoms with E-state index in [0.717, 1.165) is 22.6 Å². The lowest BCUT2D eigenvalue weighted by Crippen LogP contribution is -2.20. The summed E-state index contributed by atoms with van der Waals surface area (Å²) < 4.78 is 29.9. The van der Waals surface area contributed by atoms with Crippen molar-refractivity contribution in [3.8, 4) is 17.2 Å². The Morgan fingerprint density at radius 1 is 1.13 bits per heavy atom. The highest BCUT2D eigenvalue weighted by atomic mass is 19.1. The Morgan fingerprint density at radius 2 is 1.91 bits per heavy atom. The summed E-state index contributed by atoms with van der Waals surface area (Å²) in [6.07, 6.45) is 0. The van der Waals surface area contributed by atoms with Crippen molar-refractivity contribution in [2.45, 2.75) is 19.5 Å². The van der Waals surface area contributed by atoms with Gasteiger partial charge in [-0.2, -0.15) is 0 Å². The van der Waals surface area contributed by atoms with E-state index in [0.29, 0.717) is 25.5 Å². The number of halogens is 1. The van der Waals surface area contributed by atoms with Crippen LogP contribution in [0.4, 0.5) is 4.39 Å². The first kappa shape index (κ1) is 15.6. The number of methoxy groups -OCH3 is 1. The first-order chi connectivity index (χ1) is 11.2. The Bertz CT molecular complexity index is 690. The highest BCUT2D eigenvalue weighted by Crippen LogP contribution is 2.31. The number of hydrogen-bond donors (Lipinski definition) is 1. The lowest BCUT2D eigenvalue weighted by Gasteiger charge is -2.20. The fraction of sp³-hybridized carbons (Fsp3) is 0.333. The van der Waals surface area contributed by atoms with Crippen LogP contribution in [0.3, 0.4) is 0 Å². The quantitative estimate of drug-likeness (QED) is 0.917. The lowest BCUT2D eigenvalue weighted by atomic mass is 10.1. The molecule has 0 fully saturated rings. The Hall–Kier alpha value is -2.27. The van der Waals surface area contributed by atoms with Gasteiger partial charge >= 0.3 is 0 Å². The predicted octanol–water partition coefficient (Wildman–Crippen LogP) is 3.46. The summed E-state index contributed by atoms with van der Waals surface area (Å²) in [5.74, 6) is 1.95. The molecule has 0 radical (unpaired) electrons. The minimum absolute atomic E-state index is 0.0474. The molecule has 2 aromatic carbocycles. The molecule has 1 N–H and O–H groups in total. The highest BCUT2D eigenvalue weighted by Gasteiger charge is 2.14. The van der Waals surface area contributed by atoms with E-state index in [-0.39, 0.29) is 11.9 Å². The monoisotopic (exact) mass is 317 g/mol. The van der Waals surface area contributed by atoms with Gasteiger partial charge in [0.2, 0.25) is 0 Å². The van der Waals surface area contributed by atoms with Crippen LogP contribution in [-0.4, -0.2) is 20.3 Å². The van der Waals surface area contributed by atoms with Crippen molar-refractivity contribution >= 4 is 0 Å². The molecule has 0 bridgehead atoms. The normalized spacial score (nSPS) is 14.4.